The molecule has 0 saturated heterocycles. The first-order valence-electron chi connectivity index (χ1n) is 9.66. The summed E-state index contributed by atoms with van der Waals surface area (Å²) in [5.41, 5.74) is 0.357. The molecule has 0 aliphatic rings. The van der Waals surface area contributed by atoms with Crippen LogP contribution < -0.4 is 19.6 Å². The van der Waals surface area contributed by atoms with Crippen LogP contribution in [0.2, 0.25) is 0 Å². The Labute approximate surface area is 171 Å². The van der Waals surface area contributed by atoms with E-state index in [1.807, 2.05) is 28.8 Å². The highest BCUT2D eigenvalue weighted by Crippen LogP contribution is 2.17. The molecule has 0 radical (unpaired) electrons. The van der Waals surface area contributed by atoms with Gasteiger partial charge in [0, 0.05) is 12.3 Å². The average molecular weight is 403 g/mol. The molecule has 1 heterocycles. The van der Waals surface area contributed by atoms with Gasteiger partial charge in [-0.25, -0.2) is 4.79 Å². The molecule has 0 aliphatic carbocycles. The van der Waals surface area contributed by atoms with E-state index in [2.05, 4.69) is 13.8 Å². The Morgan fingerprint density at radius 2 is 1.72 bits per heavy atom. The number of carbonyl (C=O) groups excluding carboxylic acids is 1. The van der Waals surface area contributed by atoms with E-state index in [1.54, 1.807) is 20.2 Å². The fraction of sp³-hybridized carbons (Fsp3) is 0.455. The molecule has 158 valence electrons. The van der Waals surface area contributed by atoms with E-state index in [4.69, 9.17) is 18.9 Å². The molecule has 1 aromatic carbocycles. The van der Waals surface area contributed by atoms with E-state index < -0.39 is 5.97 Å². The number of benzene rings is 1. The summed E-state index contributed by atoms with van der Waals surface area (Å²) in [5.74, 6) is 1.61. The maximum absolute atomic E-state index is 12.1. The van der Waals surface area contributed by atoms with E-state index in [1.165, 1.54) is 6.07 Å². The second kappa shape index (κ2) is 11.1. The summed E-state index contributed by atoms with van der Waals surface area (Å²) in [5, 5.41) is 0. The standard InChI is InChI=1S/C22H29NO6/c1-16(2)10-13-28-21(25)15-29-22-17(3)23(11-9-20(22)24)12-14-27-19-7-5-18(26-4)6-8-19/h5-9,11,16H,10,12-15H2,1-4H3. The van der Waals surface area contributed by atoms with Gasteiger partial charge in [0.05, 0.1) is 26.0 Å². The van der Waals surface area contributed by atoms with Crippen LogP contribution in [-0.4, -0.2) is 37.5 Å². The minimum Gasteiger partial charge on any atom is -0.497 e. The molecule has 2 aromatic rings. The van der Waals surface area contributed by atoms with Crippen molar-refractivity contribution in [2.45, 2.75) is 33.7 Å². The molecule has 0 aliphatic heterocycles. The highest BCUT2D eigenvalue weighted by Gasteiger charge is 2.12. The molecule has 0 unspecified atom stereocenters. The van der Waals surface area contributed by atoms with Crippen LogP contribution in [0.15, 0.2) is 41.3 Å². The number of methoxy groups -OCH3 is 1. The lowest BCUT2D eigenvalue weighted by molar-refractivity contribution is -0.146. The second-order valence-corrected chi connectivity index (χ2v) is 7.00. The first-order valence-corrected chi connectivity index (χ1v) is 9.66. The second-order valence-electron chi connectivity index (χ2n) is 7.00. The molecule has 7 nitrogen and oxygen atoms in total. The maximum atomic E-state index is 12.1. The highest BCUT2D eigenvalue weighted by molar-refractivity contribution is 5.71. The first-order chi connectivity index (χ1) is 13.9. The predicted octanol–water partition coefficient (Wildman–Crippen LogP) is 3.21. The fourth-order valence-electron chi connectivity index (χ4n) is 2.59. The van der Waals surface area contributed by atoms with Crippen molar-refractivity contribution in [2.24, 2.45) is 5.92 Å². The Kier molecular flexibility index (Phi) is 8.58. The molecule has 0 amide bonds. The van der Waals surface area contributed by atoms with Gasteiger partial charge in [0.25, 0.3) is 0 Å². The highest BCUT2D eigenvalue weighted by atomic mass is 16.6. The lowest BCUT2D eigenvalue weighted by Crippen LogP contribution is -2.22. The summed E-state index contributed by atoms with van der Waals surface area (Å²) in [7, 11) is 1.61. The summed E-state index contributed by atoms with van der Waals surface area (Å²) >= 11 is 0. The summed E-state index contributed by atoms with van der Waals surface area (Å²) in [4.78, 5) is 23.9. The molecular weight excluding hydrogens is 374 g/mol. The number of rotatable bonds is 11. The summed E-state index contributed by atoms with van der Waals surface area (Å²) in [6.45, 7) is 6.87. The number of carbonyl (C=O) groups is 1. The van der Waals surface area contributed by atoms with Gasteiger partial charge in [0.1, 0.15) is 18.1 Å². The van der Waals surface area contributed by atoms with E-state index >= 15 is 0 Å². The maximum Gasteiger partial charge on any atom is 0.344 e. The molecule has 0 atom stereocenters. The molecule has 1 aromatic heterocycles. The SMILES string of the molecule is COc1ccc(OCCn2ccc(=O)c(OCC(=O)OCCC(C)C)c2C)cc1. The minimum atomic E-state index is -0.484. The predicted molar refractivity (Wildman–Crippen MR) is 110 cm³/mol. The molecule has 0 bridgehead atoms. The molecule has 29 heavy (non-hydrogen) atoms. The topological polar surface area (TPSA) is 76.0 Å². The van der Waals surface area contributed by atoms with Crippen LogP contribution in [0.4, 0.5) is 0 Å². The third kappa shape index (κ3) is 7.18. The van der Waals surface area contributed by atoms with Gasteiger partial charge in [-0.15, -0.1) is 0 Å². The van der Waals surface area contributed by atoms with Crippen molar-refractivity contribution >= 4 is 5.97 Å². The van der Waals surface area contributed by atoms with Crippen molar-refractivity contribution in [1.29, 1.82) is 0 Å². The summed E-state index contributed by atoms with van der Waals surface area (Å²) in [6, 6.07) is 8.73. The molecule has 0 fully saturated rings. The molecule has 0 N–H and O–H groups in total. The number of hydrogen-bond donors (Lipinski definition) is 0. The fourth-order valence-corrected chi connectivity index (χ4v) is 2.59. The smallest absolute Gasteiger partial charge is 0.344 e. The van der Waals surface area contributed by atoms with Gasteiger partial charge in [-0.3, -0.25) is 4.79 Å². The van der Waals surface area contributed by atoms with Crippen molar-refractivity contribution in [3.8, 4) is 17.2 Å². The van der Waals surface area contributed by atoms with E-state index in [0.29, 0.717) is 31.4 Å². The van der Waals surface area contributed by atoms with Gasteiger partial charge in [-0.05, 0) is 43.5 Å². The third-order valence-electron chi connectivity index (χ3n) is 4.34. The van der Waals surface area contributed by atoms with Crippen LogP contribution in [0.1, 0.15) is 26.0 Å². The van der Waals surface area contributed by atoms with Crippen molar-refractivity contribution < 1.29 is 23.7 Å². The van der Waals surface area contributed by atoms with Crippen LogP contribution in [0.5, 0.6) is 17.2 Å². The van der Waals surface area contributed by atoms with Crippen molar-refractivity contribution in [1.82, 2.24) is 4.57 Å². The molecule has 7 heteroatoms. The Morgan fingerprint density at radius 1 is 1.03 bits per heavy atom. The lowest BCUT2D eigenvalue weighted by Gasteiger charge is -2.15. The zero-order valence-electron chi connectivity index (χ0n) is 17.5. The zero-order valence-corrected chi connectivity index (χ0v) is 17.5. The van der Waals surface area contributed by atoms with Gasteiger partial charge in [0.15, 0.2) is 12.4 Å². The average Bonchev–Trinajstić information content (AvgIpc) is 2.70. The number of hydrogen-bond acceptors (Lipinski definition) is 6. The quantitative estimate of drug-likeness (QED) is 0.536. The number of nitrogens with zero attached hydrogens (tertiary/aromatic N) is 1. The third-order valence-corrected chi connectivity index (χ3v) is 4.34. The summed E-state index contributed by atoms with van der Waals surface area (Å²) < 4.78 is 23.3. The minimum absolute atomic E-state index is 0.151. The van der Waals surface area contributed by atoms with Gasteiger partial charge in [-0.2, -0.15) is 0 Å². The Bertz CT molecular complexity index is 841. The normalized spacial score (nSPS) is 10.7. The van der Waals surface area contributed by atoms with Gasteiger partial charge >= 0.3 is 5.97 Å². The van der Waals surface area contributed by atoms with Gasteiger partial charge in [0.2, 0.25) is 5.43 Å². The number of aromatic nitrogens is 1. The molecule has 2 rings (SSSR count). The van der Waals surface area contributed by atoms with E-state index in [-0.39, 0.29) is 17.8 Å². The molecule has 0 spiro atoms. The Morgan fingerprint density at radius 3 is 2.38 bits per heavy atom. The Balaban J connectivity index is 1.89. The number of esters is 1. The number of pyridine rings is 1. The number of ether oxygens (including phenoxy) is 4. The van der Waals surface area contributed by atoms with E-state index in [9.17, 15) is 9.59 Å². The van der Waals surface area contributed by atoms with Gasteiger partial charge < -0.3 is 23.5 Å². The van der Waals surface area contributed by atoms with E-state index in [0.717, 1.165) is 17.9 Å². The van der Waals surface area contributed by atoms with Crippen molar-refractivity contribution in [2.75, 3.05) is 26.9 Å². The van der Waals surface area contributed by atoms with Crippen LogP contribution in [0.3, 0.4) is 0 Å². The Hall–Kier alpha value is -2.96. The zero-order chi connectivity index (χ0) is 21.2. The first kappa shape index (κ1) is 22.3. The summed E-state index contributed by atoms with van der Waals surface area (Å²) in [6.07, 6.45) is 2.47. The monoisotopic (exact) mass is 403 g/mol. The van der Waals surface area contributed by atoms with Gasteiger partial charge in [-0.1, -0.05) is 13.8 Å². The lowest BCUT2D eigenvalue weighted by atomic mass is 10.1. The van der Waals surface area contributed by atoms with Crippen molar-refractivity contribution in [3.63, 3.8) is 0 Å². The largest absolute Gasteiger partial charge is 0.497 e. The molecule has 0 saturated carbocycles. The van der Waals surface area contributed by atoms with Crippen LogP contribution in [0.25, 0.3) is 0 Å². The molecular formula is C22H29NO6. The van der Waals surface area contributed by atoms with Crippen molar-refractivity contribution in [3.05, 3.63) is 52.4 Å². The van der Waals surface area contributed by atoms with Crippen LogP contribution >= 0.6 is 0 Å². The van der Waals surface area contributed by atoms with Crippen LogP contribution in [0, 0.1) is 12.8 Å². The van der Waals surface area contributed by atoms with Crippen LogP contribution in [-0.2, 0) is 16.1 Å².